The van der Waals surface area contributed by atoms with Crippen molar-refractivity contribution in [3.05, 3.63) is 51.8 Å². The fourth-order valence-electron chi connectivity index (χ4n) is 1.35. The van der Waals surface area contributed by atoms with Gasteiger partial charge in [0.1, 0.15) is 10.7 Å². The summed E-state index contributed by atoms with van der Waals surface area (Å²) in [5.74, 6) is -0.959. The standard InChI is InChI=1S/C10H6ClFN4O4S/c11-10-13-4-7(5-14-10)21(19,20)15-9-3-6(16(17)18)1-2-8(9)12/h1-5,15H. The van der Waals surface area contributed by atoms with Crippen LogP contribution in [0.4, 0.5) is 15.8 Å². The van der Waals surface area contributed by atoms with Crippen LogP contribution in [0.15, 0.2) is 35.5 Å². The molecule has 21 heavy (non-hydrogen) atoms. The Bertz CT molecular complexity index is 797. The first-order valence-electron chi connectivity index (χ1n) is 5.24. The van der Waals surface area contributed by atoms with Gasteiger partial charge < -0.3 is 0 Å². The second kappa shape index (κ2) is 5.58. The molecule has 1 aromatic carbocycles. The summed E-state index contributed by atoms with van der Waals surface area (Å²) in [7, 11) is -4.19. The number of anilines is 1. The third-order valence-corrected chi connectivity index (χ3v) is 3.83. The van der Waals surface area contributed by atoms with Crippen molar-refractivity contribution in [3.8, 4) is 0 Å². The Kier molecular flexibility index (Phi) is 4.00. The molecular formula is C10H6ClFN4O4S. The van der Waals surface area contributed by atoms with E-state index in [1.54, 1.807) is 0 Å². The predicted octanol–water partition coefficient (Wildman–Crippen LogP) is 1.98. The topological polar surface area (TPSA) is 115 Å². The number of nitrogens with one attached hydrogen (secondary N) is 1. The molecule has 8 nitrogen and oxygen atoms in total. The van der Waals surface area contributed by atoms with E-state index in [-0.39, 0.29) is 10.2 Å². The van der Waals surface area contributed by atoms with E-state index in [1.807, 2.05) is 4.72 Å². The van der Waals surface area contributed by atoms with Crippen molar-refractivity contribution >= 4 is 33.0 Å². The number of rotatable bonds is 4. The van der Waals surface area contributed by atoms with Crippen LogP contribution in [-0.4, -0.2) is 23.3 Å². The van der Waals surface area contributed by atoms with Gasteiger partial charge in [0.25, 0.3) is 15.7 Å². The van der Waals surface area contributed by atoms with Crippen LogP contribution in [0, 0.1) is 15.9 Å². The van der Waals surface area contributed by atoms with Crippen molar-refractivity contribution in [2.24, 2.45) is 0 Å². The molecule has 0 aliphatic heterocycles. The first kappa shape index (κ1) is 15.1. The Balaban J connectivity index is 2.38. The summed E-state index contributed by atoms with van der Waals surface area (Å²) in [5, 5.41) is 10.5. The zero-order valence-corrected chi connectivity index (χ0v) is 11.6. The Labute approximate surface area is 122 Å². The van der Waals surface area contributed by atoms with Crippen molar-refractivity contribution in [2.45, 2.75) is 4.90 Å². The molecule has 0 amide bonds. The number of benzene rings is 1. The molecule has 0 aliphatic carbocycles. The van der Waals surface area contributed by atoms with Gasteiger partial charge in [0.15, 0.2) is 0 Å². The molecule has 0 aliphatic rings. The summed E-state index contributed by atoms with van der Waals surface area (Å²) in [4.78, 5) is 16.4. The normalized spacial score (nSPS) is 11.1. The quantitative estimate of drug-likeness (QED) is 0.520. The van der Waals surface area contributed by atoms with Gasteiger partial charge in [-0.3, -0.25) is 14.8 Å². The minimum absolute atomic E-state index is 0.157. The van der Waals surface area contributed by atoms with Crippen molar-refractivity contribution in [3.63, 3.8) is 0 Å². The maximum atomic E-state index is 13.5. The average molecular weight is 333 g/mol. The summed E-state index contributed by atoms with van der Waals surface area (Å²) in [6.07, 6.45) is 1.85. The van der Waals surface area contributed by atoms with Gasteiger partial charge in [-0.15, -0.1) is 0 Å². The van der Waals surface area contributed by atoms with E-state index in [2.05, 4.69) is 9.97 Å². The molecule has 0 saturated heterocycles. The maximum Gasteiger partial charge on any atom is 0.271 e. The highest BCUT2D eigenvalue weighted by Gasteiger charge is 2.19. The van der Waals surface area contributed by atoms with Crippen LogP contribution in [-0.2, 0) is 10.0 Å². The number of sulfonamides is 1. The van der Waals surface area contributed by atoms with Gasteiger partial charge in [0.2, 0.25) is 5.28 Å². The molecule has 2 aromatic rings. The van der Waals surface area contributed by atoms with Crippen LogP contribution in [0.25, 0.3) is 0 Å². The molecule has 0 atom stereocenters. The van der Waals surface area contributed by atoms with Gasteiger partial charge in [0.05, 0.1) is 23.0 Å². The minimum atomic E-state index is -4.19. The van der Waals surface area contributed by atoms with E-state index in [1.165, 1.54) is 0 Å². The SMILES string of the molecule is O=[N+]([O-])c1ccc(F)c(NS(=O)(=O)c2cnc(Cl)nc2)c1. The van der Waals surface area contributed by atoms with Crippen molar-refractivity contribution in [2.75, 3.05) is 4.72 Å². The number of non-ortho nitro benzene ring substituents is 1. The Morgan fingerprint density at radius 3 is 2.48 bits per heavy atom. The lowest BCUT2D eigenvalue weighted by Gasteiger charge is -2.08. The van der Waals surface area contributed by atoms with Gasteiger partial charge in [-0.05, 0) is 17.7 Å². The fraction of sp³-hybridized carbons (Fsp3) is 0. The summed E-state index contributed by atoms with van der Waals surface area (Å²) in [6.45, 7) is 0. The molecular weight excluding hydrogens is 327 g/mol. The summed E-state index contributed by atoms with van der Waals surface area (Å²) in [6, 6.07) is 2.47. The fourth-order valence-corrected chi connectivity index (χ4v) is 2.39. The van der Waals surface area contributed by atoms with Gasteiger partial charge in [-0.1, -0.05) is 0 Å². The summed E-state index contributed by atoms with van der Waals surface area (Å²) >= 11 is 5.43. The average Bonchev–Trinajstić information content (AvgIpc) is 2.41. The molecule has 0 saturated carbocycles. The zero-order valence-electron chi connectivity index (χ0n) is 10.0. The first-order chi connectivity index (χ1) is 9.79. The molecule has 110 valence electrons. The largest absolute Gasteiger partial charge is 0.276 e. The number of hydrogen-bond donors (Lipinski definition) is 1. The third-order valence-electron chi connectivity index (χ3n) is 2.31. The van der Waals surface area contributed by atoms with Crippen LogP contribution in [0.1, 0.15) is 0 Å². The van der Waals surface area contributed by atoms with E-state index in [0.29, 0.717) is 0 Å². The number of nitrogens with zero attached hydrogens (tertiary/aromatic N) is 3. The second-order valence-corrected chi connectivity index (χ2v) is 5.74. The Morgan fingerprint density at radius 1 is 1.29 bits per heavy atom. The van der Waals surface area contributed by atoms with Crippen molar-refractivity contribution < 1.29 is 17.7 Å². The lowest BCUT2D eigenvalue weighted by atomic mass is 10.3. The Morgan fingerprint density at radius 2 is 1.90 bits per heavy atom. The highest BCUT2D eigenvalue weighted by atomic mass is 35.5. The minimum Gasteiger partial charge on any atom is -0.276 e. The van der Waals surface area contributed by atoms with E-state index in [9.17, 15) is 22.9 Å². The van der Waals surface area contributed by atoms with Gasteiger partial charge in [-0.2, -0.15) is 0 Å². The number of aromatic nitrogens is 2. The predicted molar refractivity (Wildman–Crippen MR) is 70.9 cm³/mol. The number of nitro groups is 1. The van der Waals surface area contributed by atoms with Gasteiger partial charge >= 0.3 is 0 Å². The highest BCUT2D eigenvalue weighted by Crippen LogP contribution is 2.23. The summed E-state index contributed by atoms with van der Waals surface area (Å²) < 4.78 is 39.4. The van der Waals surface area contributed by atoms with Crippen molar-refractivity contribution in [1.29, 1.82) is 0 Å². The molecule has 1 N–H and O–H groups in total. The van der Waals surface area contributed by atoms with Gasteiger partial charge in [0, 0.05) is 12.1 Å². The molecule has 2 rings (SSSR count). The molecule has 0 bridgehead atoms. The van der Waals surface area contributed by atoms with Crippen LogP contribution in [0.5, 0.6) is 0 Å². The molecule has 1 aromatic heterocycles. The Hall–Kier alpha value is -2.33. The number of nitro benzene ring substituents is 1. The van der Waals surface area contributed by atoms with Gasteiger partial charge in [-0.25, -0.2) is 22.8 Å². The maximum absolute atomic E-state index is 13.5. The van der Waals surface area contributed by atoms with Crippen LogP contribution in [0.2, 0.25) is 5.28 Å². The third kappa shape index (κ3) is 3.41. The van der Waals surface area contributed by atoms with E-state index < -0.39 is 32.1 Å². The first-order valence-corrected chi connectivity index (χ1v) is 7.10. The van der Waals surface area contributed by atoms with Crippen LogP contribution >= 0.6 is 11.6 Å². The molecule has 0 fully saturated rings. The highest BCUT2D eigenvalue weighted by molar-refractivity contribution is 7.92. The second-order valence-electron chi connectivity index (χ2n) is 3.71. The smallest absolute Gasteiger partial charge is 0.271 e. The monoisotopic (exact) mass is 332 g/mol. The molecule has 0 radical (unpaired) electrons. The lowest BCUT2D eigenvalue weighted by Crippen LogP contribution is -2.14. The number of halogens is 2. The van der Waals surface area contributed by atoms with E-state index >= 15 is 0 Å². The zero-order chi connectivity index (χ0) is 15.6. The lowest BCUT2D eigenvalue weighted by molar-refractivity contribution is -0.384. The van der Waals surface area contributed by atoms with Crippen molar-refractivity contribution in [1.82, 2.24) is 9.97 Å². The van der Waals surface area contributed by atoms with E-state index in [0.717, 1.165) is 30.6 Å². The molecule has 0 spiro atoms. The summed E-state index contributed by atoms with van der Waals surface area (Å²) in [5.41, 5.74) is -1.01. The number of hydrogen-bond acceptors (Lipinski definition) is 6. The van der Waals surface area contributed by atoms with Crippen LogP contribution < -0.4 is 4.72 Å². The molecule has 0 unspecified atom stereocenters. The van der Waals surface area contributed by atoms with Crippen LogP contribution in [0.3, 0.4) is 0 Å². The molecule has 1 heterocycles. The van der Waals surface area contributed by atoms with E-state index in [4.69, 9.17) is 11.6 Å². The molecule has 11 heteroatoms.